The molecule has 0 saturated heterocycles. The quantitative estimate of drug-likeness (QED) is 0.465. The molecule has 32 heavy (non-hydrogen) atoms. The number of nitrogens with one attached hydrogen (secondary N) is 1. The third kappa shape index (κ3) is 3.24. The predicted molar refractivity (Wildman–Crippen MR) is 120 cm³/mol. The van der Waals surface area contributed by atoms with E-state index in [1.165, 1.54) is 12.1 Å². The Labute approximate surface area is 185 Å². The zero-order chi connectivity index (χ0) is 22.4. The van der Waals surface area contributed by atoms with E-state index in [0.29, 0.717) is 29.1 Å². The number of halogens is 1. The first-order chi connectivity index (χ1) is 15.4. The molecule has 1 aliphatic rings. The number of hydrogen-bond acceptors (Lipinski definition) is 3. The van der Waals surface area contributed by atoms with E-state index in [1.54, 1.807) is 17.0 Å². The fourth-order valence-electron chi connectivity index (χ4n) is 4.48. The molecule has 0 saturated carbocycles. The summed E-state index contributed by atoms with van der Waals surface area (Å²) in [4.78, 5) is 15.2. The van der Waals surface area contributed by atoms with Crippen LogP contribution in [0.4, 0.5) is 4.39 Å². The van der Waals surface area contributed by atoms with Gasteiger partial charge in [0.1, 0.15) is 23.0 Å². The molecule has 3 aromatic carbocycles. The van der Waals surface area contributed by atoms with Crippen LogP contribution in [0.3, 0.4) is 0 Å². The Balaban J connectivity index is 1.69. The van der Waals surface area contributed by atoms with Gasteiger partial charge in [0.15, 0.2) is 0 Å². The highest BCUT2D eigenvalue weighted by molar-refractivity contribution is 6.00. The summed E-state index contributed by atoms with van der Waals surface area (Å²) in [5.41, 5.74) is 5.67. The van der Waals surface area contributed by atoms with E-state index in [1.807, 2.05) is 56.3 Å². The Hall–Kier alpha value is -3.93. The summed E-state index contributed by atoms with van der Waals surface area (Å²) in [7, 11) is 0. The molecular weight excluding hydrogens is 405 g/mol. The van der Waals surface area contributed by atoms with Gasteiger partial charge < -0.3 is 10.0 Å². The van der Waals surface area contributed by atoms with Gasteiger partial charge in [0.2, 0.25) is 0 Å². The maximum atomic E-state index is 13.7. The molecular formula is C26H22FN3O2. The smallest absolute Gasteiger partial charge is 0.273 e. The van der Waals surface area contributed by atoms with E-state index in [9.17, 15) is 14.3 Å². The lowest BCUT2D eigenvalue weighted by Crippen LogP contribution is -2.29. The van der Waals surface area contributed by atoms with Crippen LogP contribution in [0.1, 0.15) is 44.3 Å². The lowest BCUT2D eigenvalue weighted by Gasteiger charge is -2.26. The van der Waals surface area contributed by atoms with Crippen LogP contribution >= 0.6 is 0 Å². The first kappa shape index (κ1) is 20.0. The molecule has 5 rings (SSSR count). The minimum absolute atomic E-state index is 0.136. The molecule has 1 amide bonds. The minimum Gasteiger partial charge on any atom is -0.507 e. The number of H-pyrrole nitrogens is 1. The normalized spacial score (nSPS) is 15.3. The van der Waals surface area contributed by atoms with Gasteiger partial charge >= 0.3 is 0 Å². The zero-order valence-electron chi connectivity index (χ0n) is 17.8. The van der Waals surface area contributed by atoms with Crippen LogP contribution in [0.25, 0.3) is 11.3 Å². The Morgan fingerprint density at radius 1 is 1.06 bits per heavy atom. The van der Waals surface area contributed by atoms with E-state index < -0.39 is 6.04 Å². The highest BCUT2D eigenvalue weighted by atomic mass is 19.1. The van der Waals surface area contributed by atoms with Gasteiger partial charge in [-0.15, -0.1) is 0 Å². The Bertz CT molecular complexity index is 1310. The van der Waals surface area contributed by atoms with Crippen molar-refractivity contribution in [3.05, 3.63) is 106 Å². The van der Waals surface area contributed by atoms with E-state index in [4.69, 9.17) is 0 Å². The molecule has 2 heterocycles. The van der Waals surface area contributed by atoms with Gasteiger partial charge in [-0.1, -0.05) is 48.5 Å². The maximum Gasteiger partial charge on any atom is 0.273 e. The van der Waals surface area contributed by atoms with Crippen molar-refractivity contribution in [3.8, 4) is 17.0 Å². The molecule has 160 valence electrons. The van der Waals surface area contributed by atoms with Gasteiger partial charge in [-0.05, 0) is 54.3 Å². The third-order valence-electron chi connectivity index (χ3n) is 5.95. The third-order valence-corrected chi connectivity index (χ3v) is 5.95. The first-order valence-electron chi connectivity index (χ1n) is 10.4. The maximum absolute atomic E-state index is 13.7. The summed E-state index contributed by atoms with van der Waals surface area (Å²) < 4.78 is 13.7. The number of phenols is 1. The number of carbonyl (C=O) groups excluding carboxylic acids is 1. The molecule has 0 spiro atoms. The average molecular weight is 427 g/mol. The molecule has 0 radical (unpaired) electrons. The summed E-state index contributed by atoms with van der Waals surface area (Å²) in [6.45, 7) is 4.18. The number of phenolic OH excluding ortho intramolecular Hbond substituents is 1. The molecule has 0 bridgehead atoms. The highest BCUT2D eigenvalue weighted by Crippen LogP contribution is 2.45. The Kier molecular flexibility index (Phi) is 4.78. The molecule has 1 aliphatic heterocycles. The molecule has 5 nitrogen and oxygen atoms in total. The second-order valence-electron chi connectivity index (χ2n) is 8.21. The van der Waals surface area contributed by atoms with Crippen LogP contribution in [0.5, 0.6) is 5.75 Å². The Morgan fingerprint density at radius 2 is 1.78 bits per heavy atom. The summed E-state index contributed by atoms with van der Waals surface area (Å²) in [5.74, 6) is -0.384. The van der Waals surface area contributed by atoms with Crippen molar-refractivity contribution in [1.82, 2.24) is 15.1 Å². The summed E-state index contributed by atoms with van der Waals surface area (Å²) in [6, 6.07) is 19.2. The van der Waals surface area contributed by atoms with Crippen LogP contribution < -0.4 is 0 Å². The van der Waals surface area contributed by atoms with Gasteiger partial charge in [-0.3, -0.25) is 9.89 Å². The highest BCUT2D eigenvalue weighted by Gasteiger charge is 2.42. The number of fused-ring (bicyclic) bond motifs is 1. The average Bonchev–Trinajstić information content (AvgIpc) is 3.32. The van der Waals surface area contributed by atoms with Gasteiger partial charge in [-0.25, -0.2) is 4.39 Å². The molecule has 4 aromatic rings. The number of amides is 1. The molecule has 2 N–H and O–H groups in total. The number of aryl methyl sites for hydroxylation is 2. The van der Waals surface area contributed by atoms with E-state index in [2.05, 4.69) is 10.2 Å². The van der Waals surface area contributed by atoms with Crippen molar-refractivity contribution in [2.45, 2.75) is 26.4 Å². The SMILES string of the molecule is Cc1cc(C)c(O)c(-c2n[nH]c3c2C(c2ccc(F)cc2)N(Cc2ccccc2)C3=O)c1. The topological polar surface area (TPSA) is 69.2 Å². The van der Waals surface area contributed by atoms with Crippen LogP contribution in [-0.4, -0.2) is 26.1 Å². The van der Waals surface area contributed by atoms with E-state index in [0.717, 1.165) is 22.3 Å². The fourth-order valence-corrected chi connectivity index (χ4v) is 4.48. The number of aromatic hydroxyl groups is 1. The first-order valence-corrected chi connectivity index (χ1v) is 10.4. The number of aromatic amines is 1. The van der Waals surface area contributed by atoms with Crippen molar-refractivity contribution >= 4 is 5.91 Å². The van der Waals surface area contributed by atoms with Crippen molar-refractivity contribution < 1.29 is 14.3 Å². The van der Waals surface area contributed by atoms with E-state index in [-0.39, 0.29) is 17.5 Å². The molecule has 0 fully saturated rings. The Morgan fingerprint density at radius 3 is 2.50 bits per heavy atom. The predicted octanol–water partition coefficient (Wildman–Crippen LogP) is 5.28. The van der Waals surface area contributed by atoms with Crippen LogP contribution in [0, 0.1) is 19.7 Å². The molecule has 1 aromatic heterocycles. The minimum atomic E-state index is -0.465. The lowest BCUT2D eigenvalue weighted by molar-refractivity contribution is 0.0730. The fraction of sp³-hybridized carbons (Fsp3) is 0.154. The van der Waals surface area contributed by atoms with Crippen molar-refractivity contribution in [3.63, 3.8) is 0 Å². The van der Waals surface area contributed by atoms with Crippen LogP contribution in [0.2, 0.25) is 0 Å². The number of aromatic nitrogens is 2. The molecule has 1 atom stereocenters. The number of nitrogens with zero attached hydrogens (tertiary/aromatic N) is 2. The number of carbonyl (C=O) groups is 1. The molecule has 6 heteroatoms. The molecule has 1 unspecified atom stereocenters. The zero-order valence-corrected chi connectivity index (χ0v) is 17.8. The van der Waals surface area contributed by atoms with E-state index >= 15 is 0 Å². The number of rotatable bonds is 4. The van der Waals surface area contributed by atoms with Crippen molar-refractivity contribution in [2.24, 2.45) is 0 Å². The largest absolute Gasteiger partial charge is 0.507 e. The second-order valence-corrected chi connectivity index (χ2v) is 8.21. The summed E-state index contributed by atoms with van der Waals surface area (Å²) >= 11 is 0. The summed E-state index contributed by atoms with van der Waals surface area (Å²) in [5, 5.41) is 18.1. The second kappa shape index (κ2) is 7.64. The lowest BCUT2D eigenvalue weighted by atomic mass is 9.94. The number of hydrogen-bond donors (Lipinski definition) is 2. The van der Waals surface area contributed by atoms with Crippen molar-refractivity contribution in [1.29, 1.82) is 0 Å². The number of benzene rings is 3. The van der Waals surface area contributed by atoms with Crippen LogP contribution in [-0.2, 0) is 6.54 Å². The van der Waals surface area contributed by atoms with Crippen LogP contribution in [0.15, 0.2) is 66.7 Å². The van der Waals surface area contributed by atoms with Gasteiger partial charge in [0.05, 0.1) is 6.04 Å². The van der Waals surface area contributed by atoms with Gasteiger partial charge in [-0.2, -0.15) is 5.10 Å². The molecule has 0 aliphatic carbocycles. The van der Waals surface area contributed by atoms with Crippen molar-refractivity contribution in [2.75, 3.05) is 0 Å². The standard InChI is InChI=1S/C26H22FN3O2/c1-15-12-16(2)25(31)20(13-15)22-21-23(29-28-22)26(32)30(14-17-6-4-3-5-7-17)24(21)18-8-10-19(27)11-9-18/h3-13,24,31H,14H2,1-2H3,(H,28,29). The summed E-state index contributed by atoms with van der Waals surface area (Å²) in [6.07, 6.45) is 0. The van der Waals surface area contributed by atoms with Gasteiger partial charge in [0.25, 0.3) is 5.91 Å². The monoisotopic (exact) mass is 427 g/mol. The van der Waals surface area contributed by atoms with Gasteiger partial charge in [0, 0.05) is 17.7 Å².